The second-order valence-corrected chi connectivity index (χ2v) is 17.3. The van der Waals surface area contributed by atoms with Gasteiger partial charge in [-0.05, 0) is 69.0 Å². The molecule has 0 bridgehead atoms. The number of anilines is 2. The topological polar surface area (TPSA) is 206 Å². The monoisotopic (exact) mass is 814 g/mol. The minimum Gasteiger partial charge on any atom is -0.340 e. The summed E-state index contributed by atoms with van der Waals surface area (Å²) < 4.78 is 28.5. The zero-order chi connectivity index (χ0) is 40.7. The maximum atomic E-state index is 12.8. The van der Waals surface area contributed by atoms with Crippen LogP contribution >= 0.6 is 0 Å². The molecular weight excluding hydrogens is 773 g/mol. The van der Waals surface area contributed by atoms with Gasteiger partial charge in [0, 0.05) is 76.6 Å². The van der Waals surface area contributed by atoms with Gasteiger partial charge in [-0.3, -0.25) is 24.9 Å². The van der Waals surface area contributed by atoms with E-state index in [0.717, 1.165) is 43.5 Å². The van der Waals surface area contributed by atoms with E-state index in [1.165, 1.54) is 46.6 Å². The number of sulfonamides is 1. The van der Waals surface area contributed by atoms with Gasteiger partial charge >= 0.3 is 0 Å². The van der Waals surface area contributed by atoms with Crippen LogP contribution < -0.4 is 25.5 Å². The molecule has 16 nitrogen and oxygen atoms in total. The van der Waals surface area contributed by atoms with E-state index in [2.05, 4.69) is 76.9 Å². The van der Waals surface area contributed by atoms with E-state index >= 15 is 0 Å². The fourth-order valence-electron chi connectivity index (χ4n) is 8.76. The Labute approximate surface area is 339 Å². The van der Waals surface area contributed by atoms with Crippen LogP contribution in [0.5, 0.6) is 0 Å². The van der Waals surface area contributed by atoms with Crippen LogP contribution in [0.25, 0.3) is 21.5 Å². The number of nitrogens with zero attached hydrogens (tertiary/aromatic N) is 7. The van der Waals surface area contributed by atoms with Crippen molar-refractivity contribution in [2.75, 3.05) is 49.1 Å². The molecule has 5 N–H and O–H groups in total. The van der Waals surface area contributed by atoms with Gasteiger partial charge in [0.1, 0.15) is 0 Å². The molecule has 0 spiro atoms. The van der Waals surface area contributed by atoms with Crippen LogP contribution in [0.4, 0.5) is 11.9 Å². The highest BCUT2D eigenvalue weighted by Gasteiger charge is 2.57. The smallest absolute Gasteiger partial charge is 0.277 e. The van der Waals surface area contributed by atoms with Crippen molar-refractivity contribution in [2.45, 2.75) is 17.5 Å². The summed E-state index contributed by atoms with van der Waals surface area (Å²) >= 11 is 0. The Morgan fingerprint density at radius 1 is 0.610 bits per heavy atom. The van der Waals surface area contributed by atoms with E-state index < -0.39 is 21.8 Å². The van der Waals surface area contributed by atoms with Gasteiger partial charge in [-0.15, -0.1) is 0 Å². The summed E-state index contributed by atoms with van der Waals surface area (Å²) in [6, 6.07) is 27.9. The molecule has 4 aliphatic rings. The number of amides is 2. The molecule has 5 heterocycles. The van der Waals surface area contributed by atoms with Crippen molar-refractivity contribution < 1.29 is 28.4 Å². The molecule has 302 valence electrons. The molecule has 3 saturated heterocycles. The van der Waals surface area contributed by atoms with Crippen LogP contribution in [0.15, 0.2) is 115 Å². The maximum absolute atomic E-state index is 12.8. The second-order valence-electron chi connectivity index (χ2n) is 15.6. The number of piperidine rings is 1. The standard InChI is InChI=1S/C22H23N5O2.C20H19N5O4S/c28-21(25-29)18-8-23-22(24-9-18)27-13-19-11-26(12-20(19)14-27)10-15-5-6-16-3-1-2-4-17(16)7-15;26-19(23-27)14-8-21-20(22-9-14)25-10-16-17(11-25)18(16)24-30(28,29)15-6-5-12-3-1-2-4-13(12)7-15/h1-9,19-20,29H,10-14H2,(H,25,28);1-9,16-18,24,27H,10-11H2,(H,23,26). The lowest BCUT2D eigenvalue weighted by Crippen LogP contribution is -2.35. The van der Waals surface area contributed by atoms with Gasteiger partial charge in [-0.25, -0.2) is 44.0 Å². The van der Waals surface area contributed by atoms with Crippen molar-refractivity contribution in [1.82, 2.24) is 40.5 Å². The fourth-order valence-corrected chi connectivity index (χ4v) is 10.1. The van der Waals surface area contributed by atoms with Crippen molar-refractivity contribution in [3.8, 4) is 0 Å². The molecule has 1 aliphatic carbocycles. The number of hydroxylamine groups is 2. The van der Waals surface area contributed by atoms with E-state index in [-0.39, 0.29) is 33.9 Å². The van der Waals surface area contributed by atoms with Crippen molar-refractivity contribution in [3.05, 3.63) is 126 Å². The van der Waals surface area contributed by atoms with E-state index in [4.69, 9.17) is 10.4 Å². The molecule has 2 aromatic heterocycles. The van der Waals surface area contributed by atoms with Gasteiger partial charge in [-0.2, -0.15) is 0 Å². The first kappa shape index (κ1) is 38.4. The second kappa shape index (κ2) is 15.9. The van der Waals surface area contributed by atoms with Gasteiger partial charge in [0.05, 0.1) is 16.0 Å². The normalized spacial score (nSPS) is 22.1. The zero-order valence-electron chi connectivity index (χ0n) is 31.8. The third-order valence-electron chi connectivity index (χ3n) is 11.9. The van der Waals surface area contributed by atoms with E-state index in [0.29, 0.717) is 36.8 Å². The molecule has 4 atom stereocenters. The van der Waals surface area contributed by atoms with Gasteiger partial charge in [0.2, 0.25) is 21.9 Å². The fraction of sp³-hybridized carbons (Fsp3) is 0.286. The molecule has 4 aromatic carbocycles. The molecule has 3 aliphatic heterocycles. The third kappa shape index (κ3) is 8.02. The van der Waals surface area contributed by atoms with Crippen LogP contribution in [0.2, 0.25) is 0 Å². The number of hydrogen-bond donors (Lipinski definition) is 5. The predicted octanol–water partition coefficient (Wildman–Crippen LogP) is 3.48. The zero-order valence-corrected chi connectivity index (χ0v) is 32.6. The Balaban J connectivity index is 0.000000152. The Hall–Kier alpha value is -6.11. The number of fused-ring (bicyclic) bond motifs is 4. The van der Waals surface area contributed by atoms with Gasteiger partial charge in [0.25, 0.3) is 11.8 Å². The lowest BCUT2D eigenvalue weighted by atomic mass is 10.0. The molecule has 4 unspecified atom stereocenters. The average molecular weight is 815 g/mol. The summed E-state index contributed by atoms with van der Waals surface area (Å²) in [4.78, 5) is 46.7. The lowest BCUT2D eigenvalue weighted by Gasteiger charge is -2.21. The molecule has 2 amide bonds. The van der Waals surface area contributed by atoms with Gasteiger partial charge in [-0.1, -0.05) is 66.7 Å². The Morgan fingerprint density at radius 3 is 1.61 bits per heavy atom. The predicted molar refractivity (Wildman–Crippen MR) is 218 cm³/mol. The largest absolute Gasteiger partial charge is 0.340 e. The molecule has 59 heavy (non-hydrogen) atoms. The lowest BCUT2D eigenvalue weighted by molar-refractivity contribution is 0.0701. The number of carbonyl (C=O) groups is 2. The molecule has 0 radical (unpaired) electrons. The van der Waals surface area contributed by atoms with Crippen molar-refractivity contribution in [3.63, 3.8) is 0 Å². The summed E-state index contributed by atoms with van der Waals surface area (Å²) in [7, 11) is -3.60. The number of rotatable bonds is 9. The number of aromatic nitrogens is 4. The summed E-state index contributed by atoms with van der Waals surface area (Å²) in [5.74, 6) is 1.48. The van der Waals surface area contributed by atoms with Crippen molar-refractivity contribution in [2.24, 2.45) is 23.7 Å². The molecule has 1 saturated carbocycles. The van der Waals surface area contributed by atoms with Crippen LogP contribution in [0.3, 0.4) is 0 Å². The molecule has 10 rings (SSSR count). The van der Waals surface area contributed by atoms with Crippen LogP contribution in [-0.4, -0.2) is 101 Å². The number of carbonyl (C=O) groups excluding carboxylic acids is 2. The Morgan fingerprint density at radius 2 is 1.08 bits per heavy atom. The summed E-state index contributed by atoms with van der Waals surface area (Å²) in [6.45, 7) is 6.30. The quantitative estimate of drug-likeness (QED) is 0.105. The highest BCUT2D eigenvalue weighted by molar-refractivity contribution is 7.89. The average Bonchev–Trinajstić information content (AvgIpc) is 3.64. The van der Waals surface area contributed by atoms with Gasteiger partial charge < -0.3 is 9.80 Å². The van der Waals surface area contributed by atoms with Crippen molar-refractivity contribution >= 4 is 55.3 Å². The van der Waals surface area contributed by atoms with Gasteiger partial charge in [0.15, 0.2) is 0 Å². The molecular formula is C42H42N10O6S. The molecule has 17 heteroatoms. The number of hydrogen-bond acceptors (Lipinski definition) is 13. The summed E-state index contributed by atoms with van der Waals surface area (Å²) in [5, 5.41) is 21.8. The maximum Gasteiger partial charge on any atom is 0.277 e. The van der Waals surface area contributed by atoms with Crippen LogP contribution in [-0.2, 0) is 16.6 Å². The Bertz CT molecular complexity index is 2610. The number of nitrogens with one attached hydrogen (secondary N) is 3. The van der Waals surface area contributed by atoms with E-state index in [1.54, 1.807) is 17.6 Å². The first-order chi connectivity index (χ1) is 28.6. The molecule has 4 fully saturated rings. The van der Waals surface area contributed by atoms with Crippen LogP contribution in [0.1, 0.15) is 26.3 Å². The first-order valence-corrected chi connectivity index (χ1v) is 20.9. The Kier molecular flexibility index (Phi) is 10.4. The molecule has 6 aromatic rings. The third-order valence-corrected chi connectivity index (χ3v) is 13.3. The number of benzene rings is 4. The number of likely N-dealkylation sites (tertiary alicyclic amines) is 1. The van der Waals surface area contributed by atoms with E-state index in [9.17, 15) is 18.0 Å². The minimum absolute atomic E-state index is 0.0999. The highest BCUT2D eigenvalue weighted by atomic mass is 32.2. The first-order valence-electron chi connectivity index (χ1n) is 19.4. The highest BCUT2D eigenvalue weighted by Crippen LogP contribution is 2.47. The SMILES string of the molecule is O=C(NO)c1cnc(N2CC3C(C2)C3NS(=O)(=O)c2ccc3ccccc3c2)nc1.O=C(NO)c1cnc(N2CC3CN(Cc4ccc5ccccc5c4)CC3C2)nc1. The van der Waals surface area contributed by atoms with Crippen LogP contribution in [0, 0.1) is 23.7 Å². The summed E-state index contributed by atoms with van der Waals surface area (Å²) in [5.41, 5.74) is 4.91. The van der Waals surface area contributed by atoms with E-state index in [1.807, 2.05) is 35.2 Å². The minimum atomic E-state index is -3.60. The van der Waals surface area contributed by atoms with Crippen molar-refractivity contribution in [1.29, 1.82) is 0 Å². The summed E-state index contributed by atoms with van der Waals surface area (Å²) in [6.07, 6.45) is 5.59.